The van der Waals surface area contributed by atoms with E-state index in [9.17, 15) is 9.59 Å². The number of hydrogen-bond donors (Lipinski definition) is 0. The molecule has 0 bridgehead atoms. The Bertz CT molecular complexity index is 564. The summed E-state index contributed by atoms with van der Waals surface area (Å²) in [4.78, 5) is 27.5. The van der Waals surface area contributed by atoms with Gasteiger partial charge in [-0.05, 0) is 52.9 Å². The molecule has 5 heteroatoms. The highest BCUT2D eigenvalue weighted by Crippen LogP contribution is 2.27. The molecule has 1 atom stereocenters. The van der Waals surface area contributed by atoms with Crippen molar-refractivity contribution in [1.29, 1.82) is 0 Å². The van der Waals surface area contributed by atoms with Crippen LogP contribution in [-0.4, -0.2) is 48.9 Å². The fraction of sp³-hybridized carbons (Fsp3) is 0.556. The Morgan fingerprint density at radius 1 is 1.17 bits per heavy atom. The highest BCUT2D eigenvalue weighted by Gasteiger charge is 2.36. The SMILES string of the molecule is CN(C)Cc1cccc(C(C)(C=O)N(C)C(=O)OC(C)(C)C)c1. The van der Waals surface area contributed by atoms with Crippen LogP contribution in [0.2, 0.25) is 0 Å². The van der Waals surface area contributed by atoms with Gasteiger partial charge >= 0.3 is 6.09 Å². The van der Waals surface area contributed by atoms with E-state index in [4.69, 9.17) is 4.74 Å². The molecule has 1 unspecified atom stereocenters. The van der Waals surface area contributed by atoms with E-state index in [0.717, 1.165) is 24.0 Å². The van der Waals surface area contributed by atoms with Crippen LogP contribution in [0.15, 0.2) is 24.3 Å². The number of carbonyl (C=O) groups excluding carboxylic acids is 2. The monoisotopic (exact) mass is 320 g/mol. The van der Waals surface area contributed by atoms with Crippen LogP contribution in [0.1, 0.15) is 38.8 Å². The van der Waals surface area contributed by atoms with E-state index < -0.39 is 17.2 Å². The van der Waals surface area contributed by atoms with E-state index in [1.807, 2.05) is 38.4 Å². The van der Waals surface area contributed by atoms with Crippen LogP contribution in [0.5, 0.6) is 0 Å². The molecular weight excluding hydrogens is 292 g/mol. The van der Waals surface area contributed by atoms with Gasteiger partial charge < -0.3 is 14.4 Å². The number of aldehydes is 1. The summed E-state index contributed by atoms with van der Waals surface area (Å²) in [6.07, 6.45) is 0.260. The molecule has 0 aliphatic rings. The Morgan fingerprint density at radius 3 is 2.26 bits per heavy atom. The van der Waals surface area contributed by atoms with Gasteiger partial charge in [-0.1, -0.05) is 24.3 Å². The molecule has 1 aromatic carbocycles. The lowest BCUT2D eigenvalue weighted by Gasteiger charge is -2.36. The first-order valence-electron chi connectivity index (χ1n) is 7.67. The molecule has 0 aliphatic carbocycles. The van der Waals surface area contributed by atoms with Crippen molar-refractivity contribution in [3.05, 3.63) is 35.4 Å². The zero-order valence-corrected chi connectivity index (χ0v) is 15.2. The molecule has 0 aliphatic heterocycles. The van der Waals surface area contributed by atoms with Crippen LogP contribution >= 0.6 is 0 Å². The number of amides is 1. The first-order valence-corrected chi connectivity index (χ1v) is 7.67. The molecule has 0 saturated carbocycles. The lowest BCUT2D eigenvalue weighted by atomic mass is 9.91. The lowest BCUT2D eigenvalue weighted by Crippen LogP contribution is -2.48. The number of ether oxygens (including phenoxy) is 1. The third kappa shape index (κ3) is 5.06. The van der Waals surface area contributed by atoms with E-state index in [-0.39, 0.29) is 0 Å². The number of carbonyl (C=O) groups is 2. The van der Waals surface area contributed by atoms with Crippen LogP contribution in [0.3, 0.4) is 0 Å². The minimum absolute atomic E-state index is 0.523. The van der Waals surface area contributed by atoms with Crippen molar-refractivity contribution in [2.45, 2.75) is 45.4 Å². The van der Waals surface area contributed by atoms with E-state index in [1.165, 1.54) is 4.90 Å². The number of likely N-dealkylation sites (N-methyl/N-ethyl adjacent to an activating group) is 1. The predicted octanol–water partition coefficient (Wildman–Crippen LogP) is 3.03. The molecule has 1 aromatic rings. The average molecular weight is 320 g/mol. The number of hydrogen-bond acceptors (Lipinski definition) is 4. The number of benzene rings is 1. The highest BCUT2D eigenvalue weighted by molar-refractivity contribution is 5.78. The van der Waals surface area contributed by atoms with E-state index >= 15 is 0 Å². The second-order valence-electron chi connectivity index (χ2n) is 7.24. The van der Waals surface area contributed by atoms with Crippen LogP contribution in [0, 0.1) is 0 Å². The molecule has 0 saturated heterocycles. The van der Waals surface area contributed by atoms with Crippen LogP contribution in [-0.2, 0) is 21.6 Å². The van der Waals surface area contributed by atoms with Crippen LogP contribution in [0.4, 0.5) is 4.79 Å². The first-order chi connectivity index (χ1) is 10.5. The minimum atomic E-state index is -1.08. The van der Waals surface area contributed by atoms with Gasteiger partial charge in [0, 0.05) is 13.6 Å². The Hall–Kier alpha value is -1.88. The van der Waals surface area contributed by atoms with Gasteiger partial charge in [-0.15, -0.1) is 0 Å². The molecule has 0 N–H and O–H groups in total. The Kier molecular flexibility index (Phi) is 5.94. The summed E-state index contributed by atoms with van der Waals surface area (Å²) < 4.78 is 5.38. The summed E-state index contributed by atoms with van der Waals surface area (Å²) in [5.74, 6) is 0. The van der Waals surface area contributed by atoms with Gasteiger partial charge in [0.05, 0.1) is 0 Å². The van der Waals surface area contributed by atoms with E-state index in [2.05, 4.69) is 4.90 Å². The summed E-state index contributed by atoms with van der Waals surface area (Å²) >= 11 is 0. The van der Waals surface area contributed by atoms with Gasteiger partial charge in [0.15, 0.2) is 0 Å². The van der Waals surface area contributed by atoms with Gasteiger partial charge in [-0.2, -0.15) is 0 Å². The highest BCUT2D eigenvalue weighted by atomic mass is 16.6. The fourth-order valence-electron chi connectivity index (χ4n) is 2.21. The van der Waals surface area contributed by atoms with Crippen molar-refractivity contribution in [2.75, 3.05) is 21.1 Å². The molecule has 0 aromatic heterocycles. The largest absolute Gasteiger partial charge is 0.444 e. The van der Waals surface area contributed by atoms with Gasteiger partial charge in [-0.3, -0.25) is 4.90 Å². The molecule has 0 fully saturated rings. The minimum Gasteiger partial charge on any atom is -0.444 e. The van der Waals surface area contributed by atoms with Crippen molar-refractivity contribution >= 4 is 12.4 Å². The normalized spacial score (nSPS) is 14.3. The standard InChI is InChI=1S/C18H28N2O3/c1-17(2,3)23-16(22)20(7)18(4,13-21)15-10-8-9-14(11-15)12-19(5)6/h8-11,13H,12H2,1-7H3. The van der Waals surface area contributed by atoms with Gasteiger partial charge in [0.2, 0.25) is 0 Å². The van der Waals surface area contributed by atoms with Crippen molar-refractivity contribution in [3.63, 3.8) is 0 Å². The van der Waals surface area contributed by atoms with Crippen LogP contribution < -0.4 is 0 Å². The average Bonchev–Trinajstić information content (AvgIpc) is 2.43. The second kappa shape index (κ2) is 7.13. The predicted molar refractivity (Wildman–Crippen MR) is 91.2 cm³/mol. The van der Waals surface area contributed by atoms with Crippen molar-refractivity contribution in [3.8, 4) is 0 Å². The van der Waals surface area contributed by atoms with Crippen molar-refractivity contribution in [1.82, 2.24) is 9.80 Å². The molecule has 0 heterocycles. The summed E-state index contributed by atoms with van der Waals surface area (Å²) in [6, 6.07) is 7.71. The number of rotatable bonds is 5. The van der Waals surface area contributed by atoms with Crippen LogP contribution in [0.25, 0.3) is 0 Å². The molecule has 1 rings (SSSR count). The van der Waals surface area contributed by atoms with Gasteiger partial charge in [0.25, 0.3) is 0 Å². The third-order valence-corrected chi connectivity index (χ3v) is 3.60. The summed E-state index contributed by atoms with van der Waals surface area (Å²) in [6.45, 7) is 7.88. The smallest absolute Gasteiger partial charge is 0.411 e. The maximum Gasteiger partial charge on any atom is 0.411 e. The van der Waals surface area contributed by atoms with E-state index in [0.29, 0.717) is 0 Å². The molecule has 128 valence electrons. The number of nitrogens with zero attached hydrogens (tertiary/aromatic N) is 2. The zero-order valence-electron chi connectivity index (χ0n) is 15.2. The summed E-state index contributed by atoms with van der Waals surface area (Å²) in [7, 11) is 5.55. The van der Waals surface area contributed by atoms with Gasteiger partial charge in [-0.25, -0.2) is 4.79 Å². The second-order valence-corrected chi connectivity index (χ2v) is 7.24. The lowest BCUT2D eigenvalue weighted by molar-refractivity contribution is -0.117. The topological polar surface area (TPSA) is 49.9 Å². The quantitative estimate of drug-likeness (QED) is 0.783. The Morgan fingerprint density at radius 2 is 1.78 bits per heavy atom. The first kappa shape index (κ1) is 19.2. The van der Waals surface area contributed by atoms with Crippen molar-refractivity contribution < 1.29 is 14.3 Å². The Balaban J connectivity index is 3.13. The summed E-state index contributed by atoms with van der Waals surface area (Å²) in [5, 5.41) is 0. The van der Waals surface area contributed by atoms with Gasteiger partial charge in [0.1, 0.15) is 17.4 Å². The molecule has 23 heavy (non-hydrogen) atoms. The van der Waals surface area contributed by atoms with E-state index in [1.54, 1.807) is 34.7 Å². The fourth-order valence-corrected chi connectivity index (χ4v) is 2.21. The summed E-state index contributed by atoms with van der Waals surface area (Å²) in [5.41, 5.74) is 0.158. The molecular formula is C18H28N2O3. The van der Waals surface area contributed by atoms with Crippen molar-refractivity contribution in [2.24, 2.45) is 0 Å². The maximum atomic E-state index is 12.3. The maximum absolute atomic E-state index is 12.3. The Labute approximate surface area is 139 Å². The molecule has 1 amide bonds. The molecule has 0 spiro atoms. The molecule has 5 nitrogen and oxygen atoms in total. The molecule has 0 radical (unpaired) electrons. The zero-order chi connectivity index (χ0) is 17.8. The third-order valence-electron chi connectivity index (χ3n) is 3.60.